The van der Waals surface area contributed by atoms with Gasteiger partial charge in [0.2, 0.25) is 5.91 Å². The van der Waals surface area contributed by atoms with Crippen LogP contribution >= 0.6 is 0 Å². The number of aryl methyl sites for hydroxylation is 1. The van der Waals surface area contributed by atoms with Crippen molar-refractivity contribution in [3.05, 3.63) is 22.2 Å². The summed E-state index contributed by atoms with van der Waals surface area (Å²) in [6, 6.07) is 1.33. The number of carbonyl (C=O) groups excluding carboxylic acids is 1. The van der Waals surface area contributed by atoms with Crippen LogP contribution in [0.25, 0.3) is 0 Å². The molecule has 0 bridgehead atoms. The number of aromatic nitrogens is 2. The molecule has 0 aliphatic heterocycles. The van der Waals surface area contributed by atoms with Crippen molar-refractivity contribution in [1.29, 1.82) is 0 Å². The number of amides is 1. The van der Waals surface area contributed by atoms with Crippen LogP contribution in [0, 0.1) is 6.92 Å². The van der Waals surface area contributed by atoms with Crippen LogP contribution < -0.4 is 10.9 Å². The summed E-state index contributed by atoms with van der Waals surface area (Å²) >= 11 is 0. The van der Waals surface area contributed by atoms with Crippen LogP contribution in [0.3, 0.4) is 0 Å². The summed E-state index contributed by atoms with van der Waals surface area (Å²) in [7, 11) is 1.72. The number of anilines is 1. The van der Waals surface area contributed by atoms with E-state index >= 15 is 0 Å². The number of nitrogens with zero attached hydrogens (tertiary/aromatic N) is 2. The van der Waals surface area contributed by atoms with Crippen LogP contribution in [-0.4, -0.2) is 40.9 Å². The quantitative estimate of drug-likeness (QED) is 0.752. The molecular formula is C10H16N4O2. The number of H-pyrrole nitrogens is 1. The van der Waals surface area contributed by atoms with Crippen molar-refractivity contribution in [2.45, 2.75) is 13.8 Å². The fourth-order valence-electron chi connectivity index (χ4n) is 1.15. The Kier molecular flexibility index (Phi) is 4.04. The molecule has 2 N–H and O–H groups in total. The first-order valence-corrected chi connectivity index (χ1v) is 5.08. The summed E-state index contributed by atoms with van der Waals surface area (Å²) in [6.45, 7) is 4.38. The van der Waals surface area contributed by atoms with E-state index in [1.54, 1.807) is 18.9 Å². The topological polar surface area (TPSA) is 78.1 Å². The van der Waals surface area contributed by atoms with E-state index in [4.69, 9.17) is 0 Å². The molecule has 16 heavy (non-hydrogen) atoms. The third kappa shape index (κ3) is 3.38. The summed E-state index contributed by atoms with van der Waals surface area (Å²) in [5, 5.41) is 2.82. The average molecular weight is 224 g/mol. The monoisotopic (exact) mass is 224 g/mol. The van der Waals surface area contributed by atoms with Crippen LogP contribution in [0.1, 0.15) is 12.7 Å². The summed E-state index contributed by atoms with van der Waals surface area (Å²) in [6.07, 6.45) is 0. The maximum Gasteiger partial charge on any atom is 0.252 e. The molecule has 1 aromatic rings. The molecule has 6 nitrogen and oxygen atoms in total. The van der Waals surface area contributed by atoms with E-state index in [2.05, 4.69) is 15.3 Å². The molecule has 1 amide bonds. The Morgan fingerprint density at radius 3 is 2.88 bits per heavy atom. The molecule has 0 atom stereocenters. The van der Waals surface area contributed by atoms with Crippen molar-refractivity contribution in [2.75, 3.05) is 25.5 Å². The van der Waals surface area contributed by atoms with E-state index in [1.807, 2.05) is 6.92 Å². The van der Waals surface area contributed by atoms with E-state index in [0.29, 0.717) is 18.2 Å². The largest absolute Gasteiger partial charge is 0.361 e. The molecule has 0 aromatic carbocycles. The SMILES string of the molecule is CCN(C)C(=O)CNc1cc(=O)[nH]c(C)n1. The molecule has 1 heterocycles. The highest BCUT2D eigenvalue weighted by molar-refractivity contribution is 5.80. The van der Waals surface area contributed by atoms with Crippen molar-refractivity contribution in [3.63, 3.8) is 0 Å². The molecule has 0 saturated carbocycles. The Hall–Kier alpha value is -1.85. The fraction of sp³-hybridized carbons (Fsp3) is 0.500. The first-order valence-electron chi connectivity index (χ1n) is 5.08. The molecule has 88 valence electrons. The average Bonchev–Trinajstić information content (AvgIpc) is 2.23. The Morgan fingerprint density at radius 1 is 1.62 bits per heavy atom. The van der Waals surface area contributed by atoms with Gasteiger partial charge in [-0.25, -0.2) is 4.98 Å². The van der Waals surface area contributed by atoms with Gasteiger partial charge in [-0.1, -0.05) is 0 Å². The standard InChI is InChI=1S/C10H16N4O2/c1-4-14(3)10(16)6-11-8-5-9(15)13-7(2)12-8/h5H,4,6H2,1-3H3,(H2,11,12,13,15). The number of likely N-dealkylation sites (N-methyl/N-ethyl adjacent to an activating group) is 1. The van der Waals surface area contributed by atoms with Crippen LogP contribution in [0.4, 0.5) is 5.82 Å². The minimum Gasteiger partial charge on any atom is -0.361 e. The van der Waals surface area contributed by atoms with Crippen LogP contribution in [0.15, 0.2) is 10.9 Å². The second-order valence-corrected chi connectivity index (χ2v) is 3.48. The van der Waals surface area contributed by atoms with Gasteiger partial charge in [0.25, 0.3) is 5.56 Å². The highest BCUT2D eigenvalue weighted by Gasteiger charge is 2.06. The van der Waals surface area contributed by atoms with Gasteiger partial charge >= 0.3 is 0 Å². The summed E-state index contributed by atoms with van der Waals surface area (Å²) in [4.78, 5) is 30.8. The number of carbonyl (C=O) groups is 1. The van der Waals surface area contributed by atoms with E-state index in [9.17, 15) is 9.59 Å². The smallest absolute Gasteiger partial charge is 0.252 e. The van der Waals surface area contributed by atoms with E-state index < -0.39 is 0 Å². The molecule has 0 spiro atoms. The van der Waals surface area contributed by atoms with Crippen molar-refractivity contribution >= 4 is 11.7 Å². The van der Waals surface area contributed by atoms with E-state index in [-0.39, 0.29) is 18.0 Å². The maximum absolute atomic E-state index is 11.5. The highest BCUT2D eigenvalue weighted by atomic mass is 16.2. The lowest BCUT2D eigenvalue weighted by molar-refractivity contribution is -0.127. The first-order chi connectivity index (χ1) is 7.52. The lowest BCUT2D eigenvalue weighted by Gasteiger charge is -2.14. The van der Waals surface area contributed by atoms with Gasteiger partial charge in [-0.3, -0.25) is 9.59 Å². The molecule has 0 unspecified atom stereocenters. The fourth-order valence-corrected chi connectivity index (χ4v) is 1.15. The van der Waals surface area contributed by atoms with Crippen LogP contribution in [-0.2, 0) is 4.79 Å². The Labute approximate surface area is 93.7 Å². The summed E-state index contributed by atoms with van der Waals surface area (Å²) in [5.41, 5.74) is -0.230. The minimum atomic E-state index is -0.230. The zero-order valence-electron chi connectivity index (χ0n) is 9.70. The zero-order chi connectivity index (χ0) is 12.1. The van der Waals surface area contributed by atoms with Gasteiger partial charge in [-0.2, -0.15) is 0 Å². The molecule has 0 saturated heterocycles. The van der Waals surface area contributed by atoms with Crippen molar-refractivity contribution in [3.8, 4) is 0 Å². The van der Waals surface area contributed by atoms with Gasteiger partial charge in [0, 0.05) is 19.7 Å². The molecule has 1 aromatic heterocycles. The van der Waals surface area contributed by atoms with Gasteiger partial charge in [0.15, 0.2) is 0 Å². The zero-order valence-corrected chi connectivity index (χ0v) is 9.70. The Bertz CT molecular complexity index is 427. The van der Waals surface area contributed by atoms with Crippen molar-refractivity contribution < 1.29 is 4.79 Å². The molecule has 6 heteroatoms. The molecular weight excluding hydrogens is 208 g/mol. The third-order valence-electron chi connectivity index (χ3n) is 2.18. The molecule has 0 fully saturated rings. The Balaban J connectivity index is 2.61. The van der Waals surface area contributed by atoms with E-state index in [1.165, 1.54) is 6.07 Å². The number of nitrogens with one attached hydrogen (secondary N) is 2. The van der Waals surface area contributed by atoms with Crippen LogP contribution in [0.2, 0.25) is 0 Å². The van der Waals surface area contributed by atoms with Gasteiger partial charge in [0.1, 0.15) is 11.6 Å². The van der Waals surface area contributed by atoms with Gasteiger partial charge in [-0.05, 0) is 13.8 Å². The van der Waals surface area contributed by atoms with Crippen molar-refractivity contribution in [1.82, 2.24) is 14.9 Å². The molecule has 0 aliphatic carbocycles. The van der Waals surface area contributed by atoms with Crippen LogP contribution in [0.5, 0.6) is 0 Å². The second-order valence-electron chi connectivity index (χ2n) is 3.48. The lowest BCUT2D eigenvalue weighted by atomic mass is 10.4. The van der Waals surface area contributed by atoms with Gasteiger partial charge in [0.05, 0.1) is 6.54 Å². The summed E-state index contributed by atoms with van der Waals surface area (Å²) < 4.78 is 0. The number of rotatable bonds is 4. The van der Waals surface area contributed by atoms with Gasteiger partial charge < -0.3 is 15.2 Å². The first kappa shape index (κ1) is 12.2. The summed E-state index contributed by atoms with van der Waals surface area (Å²) in [5.74, 6) is 0.896. The normalized spacial score (nSPS) is 9.94. The maximum atomic E-state index is 11.5. The number of hydrogen-bond acceptors (Lipinski definition) is 4. The predicted molar refractivity (Wildman–Crippen MR) is 61.4 cm³/mol. The second kappa shape index (κ2) is 5.29. The Morgan fingerprint density at radius 2 is 2.31 bits per heavy atom. The predicted octanol–water partition coefficient (Wildman–Crippen LogP) is -0.0315. The van der Waals surface area contributed by atoms with Gasteiger partial charge in [-0.15, -0.1) is 0 Å². The molecule has 0 aliphatic rings. The minimum absolute atomic E-state index is 0.0396. The number of aromatic amines is 1. The molecule has 1 rings (SSSR count). The number of hydrogen-bond donors (Lipinski definition) is 2. The van der Waals surface area contributed by atoms with Crippen molar-refractivity contribution in [2.24, 2.45) is 0 Å². The highest BCUT2D eigenvalue weighted by Crippen LogP contribution is 1.97. The lowest BCUT2D eigenvalue weighted by Crippen LogP contribution is -2.32. The molecule has 0 radical (unpaired) electrons. The third-order valence-corrected chi connectivity index (χ3v) is 2.18. The van der Waals surface area contributed by atoms with E-state index in [0.717, 1.165) is 0 Å².